The van der Waals surface area contributed by atoms with Crippen molar-refractivity contribution < 1.29 is 9.53 Å². The van der Waals surface area contributed by atoms with E-state index < -0.39 is 5.60 Å². The number of nitrogens with zero attached hydrogens (tertiary/aromatic N) is 1. The van der Waals surface area contributed by atoms with E-state index >= 15 is 0 Å². The van der Waals surface area contributed by atoms with Crippen LogP contribution in [-0.4, -0.2) is 16.6 Å². The van der Waals surface area contributed by atoms with Gasteiger partial charge in [0, 0.05) is 16.7 Å². The molecule has 0 atom stereocenters. The number of rotatable bonds is 4. The lowest BCUT2D eigenvalue weighted by atomic mass is 10.1. The van der Waals surface area contributed by atoms with Crippen molar-refractivity contribution in [3.63, 3.8) is 0 Å². The second-order valence-corrected chi connectivity index (χ2v) is 7.70. The molecule has 0 heterocycles. The minimum Gasteiger partial charge on any atom is -0.444 e. The second kappa shape index (κ2) is 7.81. The Morgan fingerprint density at radius 2 is 1.61 bits per heavy atom. The molecule has 0 aliphatic carbocycles. The number of hydrogen-bond donors (Lipinski definition) is 0. The van der Waals surface area contributed by atoms with E-state index in [1.807, 2.05) is 69.3 Å². The summed E-state index contributed by atoms with van der Waals surface area (Å²) in [6, 6.07) is 18.1. The Morgan fingerprint density at radius 3 is 2.22 bits per heavy atom. The third kappa shape index (κ3) is 6.22. The first kappa shape index (κ1) is 17.8. The van der Waals surface area contributed by atoms with E-state index in [4.69, 9.17) is 4.74 Å². The second-order valence-electron chi connectivity index (χ2n) is 6.45. The minimum absolute atomic E-state index is 0.291. The first-order valence-corrected chi connectivity index (χ1v) is 8.68. The summed E-state index contributed by atoms with van der Waals surface area (Å²) in [7, 11) is 0. The van der Waals surface area contributed by atoms with E-state index in [2.05, 4.69) is 28.7 Å². The molecule has 0 N–H and O–H groups in total. The molecule has 23 heavy (non-hydrogen) atoms. The van der Waals surface area contributed by atoms with Gasteiger partial charge in [-0.25, -0.2) is 4.79 Å². The lowest BCUT2D eigenvalue weighted by Gasteiger charge is -2.27. The van der Waals surface area contributed by atoms with Crippen molar-refractivity contribution in [2.24, 2.45) is 0 Å². The van der Waals surface area contributed by atoms with Crippen LogP contribution < -0.4 is 0 Å². The zero-order valence-electron chi connectivity index (χ0n) is 13.8. The maximum absolute atomic E-state index is 12.6. The lowest BCUT2D eigenvalue weighted by Crippen LogP contribution is -2.36. The summed E-state index contributed by atoms with van der Waals surface area (Å²) in [5.41, 5.74) is 1.68. The fourth-order valence-electron chi connectivity index (χ4n) is 2.17. The van der Waals surface area contributed by atoms with Gasteiger partial charge in [0.1, 0.15) is 5.60 Å². The fourth-order valence-corrected chi connectivity index (χ4v) is 2.78. The Morgan fingerprint density at radius 1 is 1.00 bits per heavy atom. The van der Waals surface area contributed by atoms with Gasteiger partial charge in [-0.15, -0.1) is 0 Å². The highest BCUT2D eigenvalue weighted by Gasteiger charge is 2.22. The van der Waals surface area contributed by atoms with Gasteiger partial charge in [-0.2, -0.15) is 0 Å². The van der Waals surface area contributed by atoms with Gasteiger partial charge < -0.3 is 4.74 Å². The summed E-state index contributed by atoms with van der Waals surface area (Å²) in [6.07, 6.45) is -0.291. The van der Waals surface area contributed by atoms with Crippen molar-refractivity contribution in [2.75, 3.05) is 0 Å². The molecule has 0 bridgehead atoms. The molecule has 0 aliphatic heterocycles. The van der Waals surface area contributed by atoms with Crippen LogP contribution in [0.3, 0.4) is 0 Å². The van der Waals surface area contributed by atoms with Gasteiger partial charge in [0.15, 0.2) is 0 Å². The van der Waals surface area contributed by atoms with E-state index in [1.54, 1.807) is 4.90 Å². The Hall–Kier alpha value is -1.56. The molecular formula is C19H22INO2. The molecule has 1 amide bonds. The fraction of sp³-hybridized carbons (Fsp3) is 0.316. The van der Waals surface area contributed by atoms with Crippen LogP contribution in [0.1, 0.15) is 31.9 Å². The average molecular weight is 423 g/mol. The monoisotopic (exact) mass is 423 g/mol. The van der Waals surface area contributed by atoms with Gasteiger partial charge in [0.05, 0.1) is 0 Å². The third-order valence-electron chi connectivity index (χ3n) is 3.13. The van der Waals surface area contributed by atoms with Crippen molar-refractivity contribution in [2.45, 2.75) is 39.5 Å². The predicted molar refractivity (Wildman–Crippen MR) is 101 cm³/mol. The number of hydrogen-bond acceptors (Lipinski definition) is 2. The Labute approximate surface area is 151 Å². The maximum atomic E-state index is 12.6. The number of halogens is 1. The van der Waals surface area contributed by atoms with Gasteiger partial charge in [0.2, 0.25) is 0 Å². The molecule has 0 radical (unpaired) electrons. The van der Waals surface area contributed by atoms with Gasteiger partial charge in [-0.3, -0.25) is 4.90 Å². The topological polar surface area (TPSA) is 29.5 Å². The van der Waals surface area contributed by atoms with Crippen LogP contribution >= 0.6 is 22.6 Å². The maximum Gasteiger partial charge on any atom is 0.410 e. The normalized spacial score (nSPS) is 11.1. The van der Waals surface area contributed by atoms with E-state index in [0.717, 1.165) is 14.7 Å². The molecule has 0 aromatic heterocycles. The average Bonchev–Trinajstić information content (AvgIpc) is 2.46. The number of carbonyl (C=O) groups is 1. The molecule has 2 aromatic rings. The highest BCUT2D eigenvalue weighted by molar-refractivity contribution is 14.1. The summed E-state index contributed by atoms with van der Waals surface area (Å²) in [5, 5.41) is 0. The van der Waals surface area contributed by atoms with Crippen LogP contribution in [-0.2, 0) is 17.8 Å². The molecular weight excluding hydrogens is 401 g/mol. The molecule has 122 valence electrons. The molecule has 3 nitrogen and oxygen atoms in total. The van der Waals surface area contributed by atoms with Crippen LogP contribution in [0, 0.1) is 3.57 Å². The Balaban J connectivity index is 2.18. The molecule has 0 fully saturated rings. The van der Waals surface area contributed by atoms with Crippen molar-refractivity contribution >= 4 is 28.7 Å². The van der Waals surface area contributed by atoms with Crippen LogP contribution in [0.25, 0.3) is 0 Å². The summed E-state index contributed by atoms with van der Waals surface area (Å²) < 4.78 is 6.72. The summed E-state index contributed by atoms with van der Waals surface area (Å²) >= 11 is 2.28. The molecule has 0 unspecified atom stereocenters. The Bertz CT molecular complexity index is 650. The van der Waals surface area contributed by atoms with Crippen molar-refractivity contribution in [1.29, 1.82) is 0 Å². The van der Waals surface area contributed by atoms with Crippen molar-refractivity contribution in [1.82, 2.24) is 4.90 Å². The standard InChI is InChI=1S/C19H22INO2/c1-19(2,3)23-18(22)21(13-15-8-5-4-6-9-15)14-16-10-7-11-17(20)12-16/h4-12H,13-14H2,1-3H3. The molecule has 0 spiro atoms. The highest BCUT2D eigenvalue weighted by Crippen LogP contribution is 2.17. The van der Waals surface area contributed by atoms with Gasteiger partial charge in [-0.05, 0) is 66.6 Å². The SMILES string of the molecule is CC(C)(C)OC(=O)N(Cc1ccccc1)Cc1cccc(I)c1. The van der Waals surface area contributed by atoms with Crippen LogP contribution in [0.15, 0.2) is 54.6 Å². The minimum atomic E-state index is -0.503. The van der Waals surface area contributed by atoms with Crippen LogP contribution in [0.5, 0.6) is 0 Å². The van der Waals surface area contributed by atoms with E-state index in [9.17, 15) is 4.79 Å². The van der Waals surface area contributed by atoms with Crippen LogP contribution in [0.4, 0.5) is 4.79 Å². The van der Waals surface area contributed by atoms with E-state index in [1.165, 1.54) is 0 Å². The molecule has 4 heteroatoms. The van der Waals surface area contributed by atoms with Crippen LogP contribution in [0.2, 0.25) is 0 Å². The van der Waals surface area contributed by atoms with Crippen molar-refractivity contribution in [3.8, 4) is 0 Å². The van der Waals surface area contributed by atoms with Gasteiger partial charge >= 0.3 is 6.09 Å². The van der Waals surface area contributed by atoms with Gasteiger partial charge in [-0.1, -0.05) is 42.5 Å². The zero-order valence-corrected chi connectivity index (χ0v) is 15.9. The largest absolute Gasteiger partial charge is 0.444 e. The number of benzene rings is 2. The summed E-state index contributed by atoms with van der Waals surface area (Å²) in [4.78, 5) is 14.3. The number of amides is 1. The van der Waals surface area contributed by atoms with E-state index in [0.29, 0.717) is 13.1 Å². The quantitative estimate of drug-likeness (QED) is 0.631. The predicted octanol–water partition coefficient (Wildman–Crippen LogP) is 5.23. The highest BCUT2D eigenvalue weighted by atomic mass is 127. The summed E-state index contributed by atoms with van der Waals surface area (Å²) in [5.74, 6) is 0. The zero-order chi connectivity index (χ0) is 16.9. The molecule has 2 rings (SSSR count). The number of ether oxygens (including phenoxy) is 1. The Kier molecular flexibility index (Phi) is 6.04. The smallest absolute Gasteiger partial charge is 0.410 e. The summed E-state index contributed by atoms with van der Waals surface area (Å²) in [6.45, 7) is 6.72. The molecule has 0 saturated carbocycles. The lowest BCUT2D eigenvalue weighted by molar-refractivity contribution is 0.0216. The number of carbonyl (C=O) groups excluding carboxylic acids is 1. The van der Waals surface area contributed by atoms with Gasteiger partial charge in [0.25, 0.3) is 0 Å². The molecule has 2 aromatic carbocycles. The first-order valence-electron chi connectivity index (χ1n) is 7.60. The van der Waals surface area contributed by atoms with Crippen molar-refractivity contribution in [3.05, 3.63) is 69.3 Å². The molecule has 0 saturated heterocycles. The molecule has 0 aliphatic rings. The third-order valence-corrected chi connectivity index (χ3v) is 3.80. The van der Waals surface area contributed by atoms with E-state index in [-0.39, 0.29) is 6.09 Å². The first-order chi connectivity index (χ1) is 10.8.